The minimum atomic E-state index is -1.10. The number of benzene rings is 1. The largest absolute Gasteiger partial charge is 0.478 e. The highest BCUT2D eigenvalue weighted by Crippen LogP contribution is 2.21. The highest BCUT2D eigenvalue weighted by molar-refractivity contribution is 5.85. The number of hydrogen-bond donors (Lipinski definition) is 2. The van der Waals surface area contributed by atoms with Crippen LogP contribution in [0.2, 0.25) is 0 Å². The summed E-state index contributed by atoms with van der Waals surface area (Å²) in [6.45, 7) is 1.69. The normalized spacial score (nSPS) is 19.8. The van der Waals surface area contributed by atoms with Gasteiger partial charge in [-0.05, 0) is 43.2 Å². The number of halogens is 1. The van der Waals surface area contributed by atoms with Crippen LogP contribution in [-0.2, 0) is 11.3 Å². The molecule has 1 unspecified atom stereocenters. The monoisotopic (exact) mass is 279 g/mol. The number of aliphatic carboxylic acids is 1. The van der Waals surface area contributed by atoms with Crippen LogP contribution < -0.4 is 0 Å². The molecule has 108 valence electrons. The fraction of sp³-hybridized carbons (Fsp3) is 0.400. The summed E-state index contributed by atoms with van der Waals surface area (Å²) in [5.41, 5.74) is 1.18. The predicted octanol–water partition coefficient (Wildman–Crippen LogP) is 1.88. The fourth-order valence-corrected chi connectivity index (χ4v) is 2.52. The van der Waals surface area contributed by atoms with Crippen molar-refractivity contribution in [3.63, 3.8) is 0 Å². The minimum Gasteiger partial charge on any atom is -0.478 e. The SMILES string of the molecule is O=C(O)C=Cc1cc(CN2CCCC2CO)ccc1F. The summed E-state index contributed by atoms with van der Waals surface area (Å²) in [7, 11) is 0. The molecule has 0 spiro atoms. The highest BCUT2D eigenvalue weighted by atomic mass is 19.1. The molecule has 1 atom stereocenters. The first-order chi connectivity index (χ1) is 9.60. The molecule has 0 radical (unpaired) electrons. The molecule has 1 saturated heterocycles. The second kappa shape index (κ2) is 6.63. The Balaban J connectivity index is 2.12. The van der Waals surface area contributed by atoms with Crippen LogP contribution in [0.25, 0.3) is 6.08 Å². The Kier molecular flexibility index (Phi) is 4.87. The maximum Gasteiger partial charge on any atom is 0.328 e. The van der Waals surface area contributed by atoms with Gasteiger partial charge in [0.05, 0.1) is 6.61 Å². The predicted molar refractivity (Wildman–Crippen MR) is 73.6 cm³/mol. The first kappa shape index (κ1) is 14.7. The smallest absolute Gasteiger partial charge is 0.328 e. The second-order valence-electron chi connectivity index (χ2n) is 4.98. The molecule has 0 bridgehead atoms. The van der Waals surface area contributed by atoms with Crippen molar-refractivity contribution in [3.05, 3.63) is 41.2 Å². The molecule has 0 aromatic heterocycles. The van der Waals surface area contributed by atoms with Gasteiger partial charge >= 0.3 is 5.97 Å². The van der Waals surface area contributed by atoms with Gasteiger partial charge in [-0.2, -0.15) is 0 Å². The van der Waals surface area contributed by atoms with E-state index in [0.717, 1.165) is 31.0 Å². The van der Waals surface area contributed by atoms with Gasteiger partial charge in [-0.25, -0.2) is 9.18 Å². The zero-order chi connectivity index (χ0) is 14.5. The van der Waals surface area contributed by atoms with Gasteiger partial charge in [0.15, 0.2) is 0 Å². The lowest BCUT2D eigenvalue weighted by Crippen LogP contribution is -2.31. The van der Waals surface area contributed by atoms with E-state index >= 15 is 0 Å². The number of likely N-dealkylation sites (tertiary alicyclic amines) is 1. The van der Waals surface area contributed by atoms with Crippen LogP contribution in [0, 0.1) is 5.82 Å². The molecule has 0 aliphatic carbocycles. The minimum absolute atomic E-state index is 0.132. The number of carbonyl (C=O) groups is 1. The summed E-state index contributed by atoms with van der Waals surface area (Å²) in [5, 5.41) is 17.9. The van der Waals surface area contributed by atoms with E-state index in [0.29, 0.717) is 6.54 Å². The van der Waals surface area contributed by atoms with Crippen LogP contribution in [0.1, 0.15) is 24.0 Å². The van der Waals surface area contributed by atoms with E-state index in [1.54, 1.807) is 12.1 Å². The topological polar surface area (TPSA) is 60.8 Å². The maximum absolute atomic E-state index is 13.6. The number of hydrogen-bond acceptors (Lipinski definition) is 3. The van der Waals surface area contributed by atoms with Gasteiger partial charge in [0.25, 0.3) is 0 Å². The van der Waals surface area contributed by atoms with E-state index in [9.17, 15) is 14.3 Å². The summed E-state index contributed by atoms with van der Waals surface area (Å²) >= 11 is 0. The summed E-state index contributed by atoms with van der Waals surface area (Å²) in [6.07, 6.45) is 4.21. The van der Waals surface area contributed by atoms with Crippen LogP contribution in [-0.4, -0.2) is 40.3 Å². The molecular formula is C15H18FNO3. The van der Waals surface area contributed by atoms with Crippen molar-refractivity contribution in [1.82, 2.24) is 4.90 Å². The summed E-state index contributed by atoms with van der Waals surface area (Å²) in [5.74, 6) is -1.54. The van der Waals surface area contributed by atoms with Crippen molar-refractivity contribution in [2.75, 3.05) is 13.2 Å². The Morgan fingerprint density at radius 1 is 1.50 bits per heavy atom. The highest BCUT2D eigenvalue weighted by Gasteiger charge is 2.23. The third-order valence-electron chi connectivity index (χ3n) is 3.56. The van der Waals surface area contributed by atoms with E-state index in [4.69, 9.17) is 5.11 Å². The van der Waals surface area contributed by atoms with Crippen molar-refractivity contribution in [2.24, 2.45) is 0 Å². The standard InChI is InChI=1S/C15H18FNO3/c16-14-5-3-11(8-12(14)4-6-15(19)20)9-17-7-1-2-13(17)10-18/h3-6,8,13,18H,1-2,7,9-10H2,(H,19,20). The molecule has 20 heavy (non-hydrogen) atoms. The molecule has 0 amide bonds. The van der Waals surface area contributed by atoms with Crippen LogP contribution in [0.5, 0.6) is 0 Å². The zero-order valence-electron chi connectivity index (χ0n) is 11.1. The van der Waals surface area contributed by atoms with Crippen molar-refractivity contribution >= 4 is 12.0 Å². The number of aliphatic hydroxyl groups excluding tert-OH is 1. The Labute approximate surface area is 117 Å². The van der Waals surface area contributed by atoms with Crippen LogP contribution in [0.3, 0.4) is 0 Å². The first-order valence-electron chi connectivity index (χ1n) is 6.64. The Bertz CT molecular complexity index is 516. The molecule has 1 heterocycles. The molecule has 2 N–H and O–H groups in total. The van der Waals surface area contributed by atoms with Crippen LogP contribution >= 0.6 is 0 Å². The molecule has 1 aromatic rings. The number of carboxylic acid groups (broad SMARTS) is 1. The van der Waals surface area contributed by atoms with Gasteiger partial charge in [-0.15, -0.1) is 0 Å². The Morgan fingerprint density at radius 2 is 2.30 bits per heavy atom. The van der Waals surface area contributed by atoms with E-state index in [1.165, 1.54) is 12.1 Å². The van der Waals surface area contributed by atoms with Gasteiger partial charge in [0.1, 0.15) is 5.82 Å². The van der Waals surface area contributed by atoms with E-state index in [2.05, 4.69) is 4.90 Å². The van der Waals surface area contributed by atoms with E-state index in [1.807, 2.05) is 0 Å². The van der Waals surface area contributed by atoms with E-state index in [-0.39, 0.29) is 18.2 Å². The van der Waals surface area contributed by atoms with Crippen molar-refractivity contribution in [1.29, 1.82) is 0 Å². The lowest BCUT2D eigenvalue weighted by molar-refractivity contribution is -0.131. The number of carboxylic acids is 1. The fourth-order valence-electron chi connectivity index (χ4n) is 2.52. The number of nitrogens with zero attached hydrogens (tertiary/aromatic N) is 1. The molecule has 1 aliphatic heterocycles. The van der Waals surface area contributed by atoms with Gasteiger partial charge < -0.3 is 10.2 Å². The number of rotatable bonds is 5. The first-order valence-corrected chi connectivity index (χ1v) is 6.64. The zero-order valence-corrected chi connectivity index (χ0v) is 11.1. The molecule has 0 saturated carbocycles. The number of aliphatic hydroxyl groups is 1. The summed E-state index contributed by atoms with van der Waals surface area (Å²) < 4.78 is 13.6. The van der Waals surface area contributed by atoms with Crippen LogP contribution in [0.4, 0.5) is 4.39 Å². The second-order valence-corrected chi connectivity index (χ2v) is 4.98. The Hall–Kier alpha value is -1.72. The molecule has 1 aromatic carbocycles. The summed E-state index contributed by atoms with van der Waals surface area (Å²) in [4.78, 5) is 12.6. The summed E-state index contributed by atoms with van der Waals surface area (Å²) in [6, 6.07) is 4.86. The van der Waals surface area contributed by atoms with Crippen LogP contribution in [0.15, 0.2) is 24.3 Å². The third kappa shape index (κ3) is 3.65. The van der Waals surface area contributed by atoms with Gasteiger partial charge in [0.2, 0.25) is 0 Å². The molecule has 1 fully saturated rings. The Morgan fingerprint density at radius 3 is 3.00 bits per heavy atom. The average Bonchev–Trinajstić information content (AvgIpc) is 2.86. The molecule has 1 aliphatic rings. The molecule has 2 rings (SSSR count). The maximum atomic E-state index is 13.6. The van der Waals surface area contributed by atoms with Gasteiger partial charge in [-0.3, -0.25) is 4.90 Å². The average molecular weight is 279 g/mol. The van der Waals surface area contributed by atoms with Gasteiger partial charge in [0, 0.05) is 24.2 Å². The lowest BCUT2D eigenvalue weighted by Gasteiger charge is -2.22. The van der Waals surface area contributed by atoms with Crippen molar-refractivity contribution < 1.29 is 19.4 Å². The molecular weight excluding hydrogens is 261 g/mol. The lowest BCUT2D eigenvalue weighted by atomic mass is 10.1. The van der Waals surface area contributed by atoms with Crippen molar-refractivity contribution in [3.8, 4) is 0 Å². The molecule has 5 heteroatoms. The van der Waals surface area contributed by atoms with Gasteiger partial charge in [-0.1, -0.05) is 6.07 Å². The van der Waals surface area contributed by atoms with Crippen molar-refractivity contribution in [2.45, 2.75) is 25.4 Å². The quantitative estimate of drug-likeness (QED) is 0.808. The molecule has 4 nitrogen and oxygen atoms in total. The third-order valence-corrected chi connectivity index (χ3v) is 3.56. The van der Waals surface area contributed by atoms with E-state index < -0.39 is 11.8 Å².